The van der Waals surface area contributed by atoms with Gasteiger partial charge in [0.25, 0.3) is 5.91 Å². The van der Waals surface area contributed by atoms with Gasteiger partial charge in [0.15, 0.2) is 0 Å². The molecule has 0 unspecified atom stereocenters. The number of carbonyl (C=O) groups is 1. The summed E-state index contributed by atoms with van der Waals surface area (Å²) in [6.07, 6.45) is 0.800. The number of anilines is 1. The number of hydrogen-bond acceptors (Lipinski definition) is 3. The maximum Gasteiger partial charge on any atom is 0.251 e. The van der Waals surface area contributed by atoms with Crippen molar-refractivity contribution in [3.63, 3.8) is 0 Å². The third-order valence-electron chi connectivity index (χ3n) is 3.05. The molecule has 1 heterocycles. The fraction of sp³-hybridized carbons (Fsp3) is 0.250. The highest BCUT2D eigenvalue weighted by atomic mass is 16.1. The Morgan fingerprint density at radius 2 is 1.95 bits per heavy atom. The summed E-state index contributed by atoms with van der Waals surface area (Å²) in [7, 11) is 1.80. The minimum Gasteiger partial charge on any atom is -0.373 e. The SMILES string of the molecule is CCc1cc(C(=O)NCc2ccccc2)cc(NC)n1. The van der Waals surface area contributed by atoms with Crippen LogP contribution in [0.25, 0.3) is 0 Å². The number of nitrogens with one attached hydrogen (secondary N) is 2. The zero-order chi connectivity index (χ0) is 14.4. The van der Waals surface area contributed by atoms with Crippen LogP contribution in [0, 0.1) is 0 Å². The van der Waals surface area contributed by atoms with Crippen LogP contribution in [-0.2, 0) is 13.0 Å². The van der Waals surface area contributed by atoms with Gasteiger partial charge in [0.1, 0.15) is 5.82 Å². The van der Waals surface area contributed by atoms with Crippen LogP contribution in [0.5, 0.6) is 0 Å². The Kier molecular flexibility index (Phi) is 4.71. The van der Waals surface area contributed by atoms with Crippen molar-refractivity contribution in [3.8, 4) is 0 Å². The molecule has 1 amide bonds. The molecule has 2 aromatic rings. The number of aryl methyl sites for hydroxylation is 1. The predicted octanol–water partition coefficient (Wildman–Crippen LogP) is 2.62. The number of aromatic nitrogens is 1. The van der Waals surface area contributed by atoms with Gasteiger partial charge in [-0.05, 0) is 24.1 Å². The molecule has 0 saturated carbocycles. The smallest absolute Gasteiger partial charge is 0.251 e. The standard InChI is InChI=1S/C16H19N3O/c1-3-14-9-13(10-15(17-2)19-14)16(20)18-11-12-7-5-4-6-8-12/h4-10H,3,11H2,1-2H3,(H,17,19)(H,18,20). The van der Waals surface area contributed by atoms with Crippen LogP contribution in [0.4, 0.5) is 5.82 Å². The molecule has 0 saturated heterocycles. The molecule has 1 aromatic carbocycles. The molecule has 20 heavy (non-hydrogen) atoms. The summed E-state index contributed by atoms with van der Waals surface area (Å²) in [5, 5.41) is 5.90. The van der Waals surface area contributed by atoms with Crippen molar-refractivity contribution in [2.45, 2.75) is 19.9 Å². The van der Waals surface area contributed by atoms with Crippen molar-refractivity contribution in [3.05, 3.63) is 59.3 Å². The zero-order valence-corrected chi connectivity index (χ0v) is 11.8. The van der Waals surface area contributed by atoms with Crippen molar-refractivity contribution in [2.75, 3.05) is 12.4 Å². The fourth-order valence-corrected chi connectivity index (χ4v) is 1.91. The first-order valence-corrected chi connectivity index (χ1v) is 6.73. The molecule has 2 rings (SSSR count). The second-order valence-electron chi connectivity index (χ2n) is 4.50. The summed E-state index contributed by atoms with van der Waals surface area (Å²) >= 11 is 0. The van der Waals surface area contributed by atoms with E-state index in [9.17, 15) is 4.79 Å². The Balaban J connectivity index is 2.08. The van der Waals surface area contributed by atoms with Crippen LogP contribution in [-0.4, -0.2) is 17.9 Å². The molecule has 2 N–H and O–H groups in total. The monoisotopic (exact) mass is 269 g/mol. The molecule has 1 aromatic heterocycles. The number of rotatable bonds is 5. The van der Waals surface area contributed by atoms with Crippen molar-refractivity contribution in [1.29, 1.82) is 0 Å². The largest absolute Gasteiger partial charge is 0.373 e. The molecule has 104 valence electrons. The van der Waals surface area contributed by atoms with Crippen molar-refractivity contribution < 1.29 is 4.79 Å². The van der Waals surface area contributed by atoms with E-state index in [1.54, 1.807) is 13.1 Å². The van der Waals surface area contributed by atoms with E-state index in [0.29, 0.717) is 17.9 Å². The zero-order valence-electron chi connectivity index (χ0n) is 11.8. The van der Waals surface area contributed by atoms with E-state index in [-0.39, 0.29) is 5.91 Å². The van der Waals surface area contributed by atoms with Crippen molar-refractivity contribution >= 4 is 11.7 Å². The lowest BCUT2D eigenvalue weighted by molar-refractivity contribution is 0.0950. The minimum absolute atomic E-state index is 0.0811. The van der Waals surface area contributed by atoms with Crippen LogP contribution >= 0.6 is 0 Å². The van der Waals surface area contributed by atoms with Gasteiger partial charge in [0.2, 0.25) is 0 Å². The highest BCUT2D eigenvalue weighted by Gasteiger charge is 2.08. The summed E-state index contributed by atoms with van der Waals surface area (Å²) in [4.78, 5) is 16.6. The van der Waals surface area contributed by atoms with Gasteiger partial charge in [-0.15, -0.1) is 0 Å². The quantitative estimate of drug-likeness (QED) is 0.877. The Bertz CT molecular complexity index is 559. The lowest BCUT2D eigenvalue weighted by Crippen LogP contribution is -2.23. The van der Waals surface area contributed by atoms with E-state index < -0.39 is 0 Å². The third-order valence-corrected chi connectivity index (χ3v) is 3.05. The second-order valence-corrected chi connectivity index (χ2v) is 4.50. The maximum atomic E-state index is 12.2. The lowest BCUT2D eigenvalue weighted by atomic mass is 10.1. The first kappa shape index (κ1) is 14.1. The minimum atomic E-state index is -0.0811. The molecular weight excluding hydrogens is 250 g/mol. The predicted molar refractivity (Wildman–Crippen MR) is 80.8 cm³/mol. The number of amides is 1. The number of hydrogen-bond donors (Lipinski definition) is 2. The summed E-state index contributed by atoms with van der Waals surface area (Å²) in [5.41, 5.74) is 2.62. The molecular formula is C16H19N3O. The number of nitrogens with zero attached hydrogens (tertiary/aromatic N) is 1. The summed E-state index contributed by atoms with van der Waals surface area (Å²) in [5.74, 6) is 0.636. The van der Waals surface area contributed by atoms with Crippen molar-refractivity contribution in [2.24, 2.45) is 0 Å². The van der Waals surface area contributed by atoms with Gasteiger partial charge in [-0.25, -0.2) is 4.98 Å². The molecule has 0 aliphatic carbocycles. The molecule has 0 bridgehead atoms. The first-order valence-electron chi connectivity index (χ1n) is 6.73. The van der Waals surface area contributed by atoms with Crippen LogP contribution in [0.3, 0.4) is 0 Å². The van der Waals surface area contributed by atoms with Gasteiger partial charge in [-0.2, -0.15) is 0 Å². The molecule has 0 radical (unpaired) electrons. The molecule has 0 atom stereocenters. The lowest BCUT2D eigenvalue weighted by Gasteiger charge is -2.09. The molecule has 0 aliphatic rings. The van der Waals surface area contributed by atoms with Crippen molar-refractivity contribution in [1.82, 2.24) is 10.3 Å². The Labute approximate surface area is 119 Å². The van der Waals surface area contributed by atoms with Crippen LogP contribution in [0.15, 0.2) is 42.5 Å². The summed E-state index contributed by atoms with van der Waals surface area (Å²) in [6.45, 7) is 2.55. The van der Waals surface area contributed by atoms with E-state index in [0.717, 1.165) is 17.7 Å². The van der Waals surface area contributed by atoms with Gasteiger partial charge in [-0.3, -0.25) is 4.79 Å². The third kappa shape index (κ3) is 3.57. The molecule has 4 heteroatoms. The molecule has 0 spiro atoms. The average Bonchev–Trinajstić information content (AvgIpc) is 2.52. The molecule has 0 aliphatic heterocycles. The van der Waals surface area contributed by atoms with Crippen LogP contribution in [0.2, 0.25) is 0 Å². The van der Waals surface area contributed by atoms with E-state index in [4.69, 9.17) is 0 Å². The van der Waals surface area contributed by atoms with Gasteiger partial charge in [0, 0.05) is 24.8 Å². The van der Waals surface area contributed by atoms with E-state index >= 15 is 0 Å². The number of pyridine rings is 1. The van der Waals surface area contributed by atoms with Crippen LogP contribution < -0.4 is 10.6 Å². The van der Waals surface area contributed by atoms with E-state index in [1.165, 1.54) is 0 Å². The number of carbonyl (C=O) groups excluding carboxylic acids is 1. The summed E-state index contributed by atoms with van der Waals surface area (Å²) < 4.78 is 0. The highest BCUT2D eigenvalue weighted by molar-refractivity contribution is 5.94. The van der Waals surface area contributed by atoms with Crippen LogP contribution in [0.1, 0.15) is 28.5 Å². The fourth-order valence-electron chi connectivity index (χ4n) is 1.91. The highest BCUT2D eigenvalue weighted by Crippen LogP contribution is 2.11. The molecule has 4 nitrogen and oxygen atoms in total. The number of benzene rings is 1. The first-order chi connectivity index (χ1) is 9.72. The second kappa shape index (κ2) is 6.70. The van der Waals surface area contributed by atoms with Gasteiger partial charge >= 0.3 is 0 Å². The summed E-state index contributed by atoms with van der Waals surface area (Å²) in [6, 6.07) is 13.5. The Hall–Kier alpha value is -2.36. The van der Waals surface area contributed by atoms with Gasteiger partial charge < -0.3 is 10.6 Å². The Morgan fingerprint density at radius 1 is 1.20 bits per heavy atom. The maximum absolute atomic E-state index is 12.2. The van der Waals surface area contributed by atoms with E-state index in [1.807, 2.05) is 43.3 Å². The topological polar surface area (TPSA) is 54.0 Å². The molecule has 0 fully saturated rings. The normalized spacial score (nSPS) is 10.1. The Morgan fingerprint density at radius 3 is 2.60 bits per heavy atom. The van der Waals surface area contributed by atoms with Gasteiger partial charge in [-0.1, -0.05) is 37.3 Å². The van der Waals surface area contributed by atoms with Gasteiger partial charge in [0.05, 0.1) is 0 Å². The average molecular weight is 269 g/mol. The van der Waals surface area contributed by atoms with E-state index in [2.05, 4.69) is 15.6 Å².